The molecule has 1 aromatic carbocycles. The van der Waals surface area contributed by atoms with Gasteiger partial charge in [0.05, 0.1) is 6.54 Å². The van der Waals surface area contributed by atoms with Crippen molar-refractivity contribution in [2.24, 2.45) is 0 Å². The minimum atomic E-state index is 0.296. The van der Waals surface area contributed by atoms with Crippen molar-refractivity contribution in [3.05, 3.63) is 51.2 Å². The molecule has 138 valence electrons. The van der Waals surface area contributed by atoms with Crippen LogP contribution in [0.1, 0.15) is 16.9 Å². The predicted octanol–water partition coefficient (Wildman–Crippen LogP) is 3.50. The van der Waals surface area contributed by atoms with Gasteiger partial charge in [0.25, 0.3) is 0 Å². The van der Waals surface area contributed by atoms with Gasteiger partial charge >= 0.3 is 0 Å². The van der Waals surface area contributed by atoms with Crippen LogP contribution in [0.2, 0.25) is 5.02 Å². The van der Waals surface area contributed by atoms with Gasteiger partial charge in [-0.25, -0.2) is 0 Å². The van der Waals surface area contributed by atoms with Crippen molar-refractivity contribution >= 4 is 34.5 Å². The van der Waals surface area contributed by atoms with Crippen LogP contribution in [0.5, 0.6) is 0 Å². The number of anilines is 1. The first-order valence-corrected chi connectivity index (χ1v) is 10.5. The molecular formula is C20H24ClN3OS. The average molecular weight is 390 g/mol. The Morgan fingerprint density at radius 1 is 1.04 bits per heavy atom. The highest BCUT2D eigenvalue weighted by molar-refractivity contribution is 7.10. The first kappa shape index (κ1) is 17.8. The Morgan fingerprint density at radius 3 is 2.58 bits per heavy atom. The molecule has 6 heteroatoms. The lowest BCUT2D eigenvalue weighted by atomic mass is 10.1. The molecular weight excluding hydrogens is 366 g/mol. The van der Waals surface area contributed by atoms with E-state index in [1.807, 2.05) is 17.0 Å². The van der Waals surface area contributed by atoms with E-state index in [0.717, 1.165) is 57.3 Å². The van der Waals surface area contributed by atoms with Gasteiger partial charge in [-0.2, -0.15) is 0 Å². The number of nitrogens with zero attached hydrogens (tertiary/aromatic N) is 3. The lowest BCUT2D eigenvalue weighted by Gasteiger charge is -2.36. The molecule has 0 saturated carbocycles. The van der Waals surface area contributed by atoms with Gasteiger partial charge < -0.3 is 9.80 Å². The highest BCUT2D eigenvalue weighted by Gasteiger charge is 2.23. The maximum Gasteiger partial charge on any atom is 0.224 e. The molecule has 1 amide bonds. The predicted molar refractivity (Wildman–Crippen MR) is 108 cm³/mol. The van der Waals surface area contributed by atoms with Crippen LogP contribution in [0, 0.1) is 0 Å². The Kier molecular flexibility index (Phi) is 5.48. The Labute approximate surface area is 164 Å². The second-order valence-corrected chi connectivity index (χ2v) is 8.43. The molecule has 26 heavy (non-hydrogen) atoms. The lowest BCUT2D eigenvalue weighted by Crippen LogP contribution is -2.47. The van der Waals surface area contributed by atoms with Crippen LogP contribution in [0.3, 0.4) is 0 Å². The van der Waals surface area contributed by atoms with Gasteiger partial charge in [-0.1, -0.05) is 11.6 Å². The summed E-state index contributed by atoms with van der Waals surface area (Å²) in [5.41, 5.74) is 2.66. The van der Waals surface area contributed by atoms with E-state index in [0.29, 0.717) is 12.3 Å². The highest BCUT2D eigenvalue weighted by atomic mass is 35.5. The third-order valence-electron chi connectivity index (χ3n) is 5.38. The summed E-state index contributed by atoms with van der Waals surface area (Å²) in [7, 11) is 0. The lowest BCUT2D eigenvalue weighted by molar-refractivity contribution is -0.132. The number of rotatable bonds is 4. The Morgan fingerprint density at radius 2 is 1.81 bits per heavy atom. The van der Waals surface area contributed by atoms with Gasteiger partial charge in [0, 0.05) is 61.3 Å². The fourth-order valence-electron chi connectivity index (χ4n) is 3.74. The average Bonchev–Trinajstić information content (AvgIpc) is 3.15. The van der Waals surface area contributed by atoms with Gasteiger partial charge in [-0.15, -0.1) is 11.3 Å². The van der Waals surface area contributed by atoms with Crippen LogP contribution in [-0.4, -0.2) is 55.0 Å². The number of halogens is 1. The molecule has 4 nitrogen and oxygen atoms in total. The summed E-state index contributed by atoms with van der Waals surface area (Å²) >= 11 is 7.74. The third-order valence-corrected chi connectivity index (χ3v) is 6.58. The van der Waals surface area contributed by atoms with E-state index < -0.39 is 0 Å². The zero-order chi connectivity index (χ0) is 17.9. The number of benzene rings is 1. The second-order valence-electron chi connectivity index (χ2n) is 6.99. The zero-order valence-electron chi connectivity index (χ0n) is 14.9. The standard InChI is InChI=1S/C20H24ClN3OS/c21-17-1-3-18(4-2-17)23-12-10-22(11-13-23)8-6-20(25)24-9-5-16-7-14-26-19(16)15-24/h1-4,7,14H,5-6,8-13,15H2. The molecule has 3 heterocycles. The molecule has 1 saturated heterocycles. The van der Waals surface area contributed by atoms with Crippen molar-refractivity contribution < 1.29 is 4.79 Å². The fraction of sp³-hybridized carbons (Fsp3) is 0.450. The van der Waals surface area contributed by atoms with Crippen molar-refractivity contribution in [3.63, 3.8) is 0 Å². The zero-order valence-corrected chi connectivity index (χ0v) is 16.4. The van der Waals surface area contributed by atoms with Crippen LogP contribution >= 0.6 is 22.9 Å². The molecule has 0 spiro atoms. The molecule has 0 bridgehead atoms. The van der Waals surface area contributed by atoms with Gasteiger partial charge in [0.15, 0.2) is 0 Å². The van der Waals surface area contributed by atoms with Gasteiger partial charge in [-0.05, 0) is 47.7 Å². The highest BCUT2D eigenvalue weighted by Crippen LogP contribution is 2.24. The summed E-state index contributed by atoms with van der Waals surface area (Å²) in [4.78, 5) is 20.8. The minimum absolute atomic E-state index is 0.296. The van der Waals surface area contributed by atoms with E-state index in [9.17, 15) is 4.79 Å². The number of hydrogen-bond donors (Lipinski definition) is 0. The van der Waals surface area contributed by atoms with Crippen molar-refractivity contribution in [3.8, 4) is 0 Å². The first-order chi connectivity index (χ1) is 12.7. The summed E-state index contributed by atoms with van der Waals surface area (Å²) < 4.78 is 0. The fourth-order valence-corrected chi connectivity index (χ4v) is 4.82. The monoisotopic (exact) mass is 389 g/mol. The van der Waals surface area contributed by atoms with E-state index in [1.165, 1.54) is 16.1 Å². The summed E-state index contributed by atoms with van der Waals surface area (Å²) in [5.74, 6) is 0.296. The van der Waals surface area contributed by atoms with Crippen LogP contribution in [0.15, 0.2) is 35.7 Å². The normalized spacial score (nSPS) is 18.0. The maximum absolute atomic E-state index is 12.6. The van der Waals surface area contributed by atoms with Crippen molar-refractivity contribution in [1.29, 1.82) is 0 Å². The minimum Gasteiger partial charge on any atom is -0.369 e. The topological polar surface area (TPSA) is 26.8 Å². The van der Waals surface area contributed by atoms with Crippen molar-refractivity contribution in [2.75, 3.05) is 44.2 Å². The Hall–Kier alpha value is -1.56. The molecule has 0 radical (unpaired) electrons. The number of thiophene rings is 1. The smallest absolute Gasteiger partial charge is 0.224 e. The van der Waals surface area contributed by atoms with Crippen LogP contribution in [0.25, 0.3) is 0 Å². The number of amides is 1. The molecule has 2 aliphatic rings. The second kappa shape index (κ2) is 7.99. The number of carbonyl (C=O) groups is 1. The van der Waals surface area contributed by atoms with E-state index in [2.05, 4.69) is 33.4 Å². The van der Waals surface area contributed by atoms with Crippen molar-refractivity contribution in [2.45, 2.75) is 19.4 Å². The summed E-state index contributed by atoms with van der Waals surface area (Å²) in [5, 5.41) is 2.91. The van der Waals surface area contributed by atoms with Crippen LogP contribution in [-0.2, 0) is 17.8 Å². The molecule has 0 atom stereocenters. The maximum atomic E-state index is 12.6. The molecule has 2 aromatic rings. The first-order valence-electron chi connectivity index (χ1n) is 9.25. The van der Waals surface area contributed by atoms with Gasteiger partial charge in [0.1, 0.15) is 0 Å². The van der Waals surface area contributed by atoms with Gasteiger partial charge in [0.2, 0.25) is 5.91 Å². The van der Waals surface area contributed by atoms with Crippen LogP contribution < -0.4 is 4.90 Å². The SMILES string of the molecule is O=C(CCN1CCN(c2ccc(Cl)cc2)CC1)N1CCc2ccsc2C1. The summed E-state index contributed by atoms with van der Waals surface area (Å²) in [6.45, 7) is 6.54. The van der Waals surface area contributed by atoms with E-state index >= 15 is 0 Å². The van der Waals surface area contributed by atoms with Gasteiger partial charge in [-0.3, -0.25) is 9.69 Å². The molecule has 1 aromatic heterocycles. The number of piperazine rings is 1. The summed E-state index contributed by atoms with van der Waals surface area (Å²) in [6, 6.07) is 10.2. The number of carbonyl (C=O) groups excluding carboxylic acids is 1. The molecule has 0 aliphatic carbocycles. The Balaban J connectivity index is 1.22. The number of fused-ring (bicyclic) bond motifs is 1. The molecule has 4 rings (SSSR count). The quantitative estimate of drug-likeness (QED) is 0.800. The number of hydrogen-bond acceptors (Lipinski definition) is 4. The molecule has 2 aliphatic heterocycles. The third kappa shape index (κ3) is 4.05. The summed E-state index contributed by atoms with van der Waals surface area (Å²) in [6.07, 6.45) is 1.63. The van der Waals surface area contributed by atoms with E-state index in [-0.39, 0.29) is 0 Å². The van der Waals surface area contributed by atoms with Crippen LogP contribution in [0.4, 0.5) is 5.69 Å². The molecule has 1 fully saturated rings. The van der Waals surface area contributed by atoms with E-state index in [1.54, 1.807) is 11.3 Å². The van der Waals surface area contributed by atoms with Crippen molar-refractivity contribution in [1.82, 2.24) is 9.80 Å². The largest absolute Gasteiger partial charge is 0.369 e. The molecule has 0 unspecified atom stereocenters. The van der Waals surface area contributed by atoms with E-state index in [4.69, 9.17) is 11.6 Å². The Bertz CT molecular complexity index is 753. The molecule has 0 N–H and O–H groups in total.